The summed E-state index contributed by atoms with van der Waals surface area (Å²) < 4.78 is 22.8. The van der Waals surface area contributed by atoms with Crippen LogP contribution in [0.1, 0.15) is 21.5 Å². The van der Waals surface area contributed by atoms with Crippen LogP contribution in [0.5, 0.6) is 0 Å². The number of carbonyl (C=O) groups is 2. The van der Waals surface area contributed by atoms with Gasteiger partial charge in [-0.25, -0.2) is 19.0 Å². The summed E-state index contributed by atoms with van der Waals surface area (Å²) in [7, 11) is 2.47. The van der Waals surface area contributed by atoms with Gasteiger partial charge in [0.05, 0.1) is 25.5 Å². The quantitative estimate of drug-likeness (QED) is 0.638. The summed E-state index contributed by atoms with van der Waals surface area (Å²) in [5.74, 6) is -1.71. The Hall–Kier alpha value is -3.02. The minimum absolute atomic E-state index is 0.0618. The molecule has 5 nitrogen and oxygen atoms in total. The van der Waals surface area contributed by atoms with Crippen molar-refractivity contribution in [2.45, 2.75) is 6.92 Å². The third-order valence-corrected chi connectivity index (χ3v) is 3.36. The third kappa shape index (κ3) is 3.65. The summed E-state index contributed by atoms with van der Waals surface area (Å²) >= 11 is 0. The molecule has 0 aliphatic carbocycles. The number of rotatable bonds is 4. The minimum atomic E-state index is -0.713. The van der Waals surface area contributed by atoms with Crippen molar-refractivity contribution in [2.75, 3.05) is 14.2 Å². The molecule has 0 radical (unpaired) electrons. The van der Waals surface area contributed by atoms with E-state index in [1.165, 1.54) is 38.5 Å². The van der Waals surface area contributed by atoms with Gasteiger partial charge >= 0.3 is 11.9 Å². The van der Waals surface area contributed by atoms with Crippen molar-refractivity contribution < 1.29 is 23.5 Å². The summed E-state index contributed by atoms with van der Waals surface area (Å²) in [6.07, 6.45) is 0. The Morgan fingerprint density at radius 2 is 1.67 bits per heavy atom. The fourth-order valence-electron chi connectivity index (χ4n) is 2.15. The number of carbonyl (C=O) groups excluding carboxylic acids is 2. The fourth-order valence-corrected chi connectivity index (χ4v) is 2.15. The summed E-state index contributed by atoms with van der Waals surface area (Å²) in [4.78, 5) is 28.4. The molecule has 0 atom stereocenters. The summed E-state index contributed by atoms with van der Waals surface area (Å²) in [5, 5.41) is 0. The van der Waals surface area contributed by atoms with Gasteiger partial charge in [-0.3, -0.25) is 0 Å². The van der Waals surface area contributed by atoms with Gasteiger partial charge in [-0.1, -0.05) is 18.2 Å². The smallest absolute Gasteiger partial charge is 0.357 e. The Morgan fingerprint density at radius 1 is 1.00 bits per heavy atom. The first kappa shape index (κ1) is 17.3. The van der Waals surface area contributed by atoms with Crippen LogP contribution in [0.15, 0.2) is 47.5 Å². The van der Waals surface area contributed by atoms with Gasteiger partial charge in [-0.05, 0) is 36.8 Å². The van der Waals surface area contributed by atoms with Crippen LogP contribution in [0.4, 0.5) is 10.1 Å². The molecule has 0 aromatic heterocycles. The van der Waals surface area contributed by atoms with E-state index in [9.17, 15) is 14.0 Å². The predicted octanol–water partition coefficient (Wildman–Crippen LogP) is 3.21. The Morgan fingerprint density at radius 3 is 2.25 bits per heavy atom. The van der Waals surface area contributed by atoms with Crippen molar-refractivity contribution in [3.63, 3.8) is 0 Å². The van der Waals surface area contributed by atoms with E-state index in [0.29, 0.717) is 11.3 Å². The second-order valence-corrected chi connectivity index (χ2v) is 4.92. The number of hydrogen-bond donors (Lipinski definition) is 0. The van der Waals surface area contributed by atoms with Gasteiger partial charge in [0.2, 0.25) is 0 Å². The highest BCUT2D eigenvalue weighted by Crippen LogP contribution is 2.22. The first-order valence-corrected chi connectivity index (χ1v) is 7.08. The SMILES string of the molecule is COC(=O)C(=Nc1ccc(F)cc1C)c1ccccc1C(=O)OC. The molecule has 0 saturated heterocycles. The molecular weight excluding hydrogens is 313 g/mol. The molecule has 0 amide bonds. The number of aryl methyl sites for hydroxylation is 1. The zero-order chi connectivity index (χ0) is 17.7. The standard InChI is InChI=1S/C18H16FNO4/c1-11-10-12(19)8-9-15(11)20-16(18(22)24-3)13-6-4-5-7-14(13)17(21)23-2/h4-10H,1-3H3. The molecule has 2 aromatic rings. The van der Waals surface area contributed by atoms with Crippen LogP contribution >= 0.6 is 0 Å². The molecule has 2 rings (SSSR count). The average Bonchev–Trinajstić information content (AvgIpc) is 2.60. The molecule has 0 N–H and O–H groups in total. The van der Waals surface area contributed by atoms with Gasteiger partial charge < -0.3 is 9.47 Å². The molecule has 0 saturated carbocycles. The van der Waals surface area contributed by atoms with Crippen molar-refractivity contribution in [1.82, 2.24) is 0 Å². The molecule has 6 heteroatoms. The summed E-state index contributed by atoms with van der Waals surface area (Å²) in [6.45, 7) is 1.67. The van der Waals surface area contributed by atoms with E-state index in [4.69, 9.17) is 9.47 Å². The van der Waals surface area contributed by atoms with Gasteiger partial charge in [0.25, 0.3) is 0 Å². The maximum atomic E-state index is 13.2. The number of esters is 2. The van der Waals surface area contributed by atoms with E-state index in [1.807, 2.05) is 0 Å². The second-order valence-electron chi connectivity index (χ2n) is 4.92. The van der Waals surface area contributed by atoms with Gasteiger partial charge in [-0.15, -0.1) is 0 Å². The number of ether oxygens (including phenoxy) is 2. The number of aliphatic imine (C=N–C) groups is 1. The second kappa shape index (κ2) is 7.50. The molecule has 24 heavy (non-hydrogen) atoms. The first-order chi connectivity index (χ1) is 11.5. The highest BCUT2D eigenvalue weighted by molar-refractivity contribution is 6.45. The average molecular weight is 329 g/mol. The Bertz CT molecular complexity index is 814. The number of methoxy groups -OCH3 is 2. The monoisotopic (exact) mass is 329 g/mol. The predicted molar refractivity (Wildman–Crippen MR) is 87.1 cm³/mol. The molecule has 0 aliphatic heterocycles. The number of hydrogen-bond acceptors (Lipinski definition) is 5. The maximum absolute atomic E-state index is 13.2. The lowest BCUT2D eigenvalue weighted by molar-refractivity contribution is -0.132. The van der Waals surface area contributed by atoms with Crippen molar-refractivity contribution in [1.29, 1.82) is 0 Å². The van der Waals surface area contributed by atoms with Gasteiger partial charge in [0, 0.05) is 5.56 Å². The molecule has 124 valence electrons. The number of halogens is 1. The van der Waals surface area contributed by atoms with E-state index in [1.54, 1.807) is 25.1 Å². The van der Waals surface area contributed by atoms with E-state index in [2.05, 4.69) is 4.99 Å². The van der Waals surface area contributed by atoms with Crippen LogP contribution in [-0.4, -0.2) is 31.9 Å². The lowest BCUT2D eigenvalue weighted by Gasteiger charge is -2.10. The molecular formula is C18H16FNO4. The van der Waals surface area contributed by atoms with Crippen molar-refractivity contribution >= 4 is 23.3 Å². The van der Waals surface area contributed by atoms with Crippen LogP contribution in [0, 0.1) is 12.7 Å². The third-order valence-electron chi connectivity index (χ3n) is 3.36. The zero-order valence-corrected chi connectivity index (χ0v) is 13.5. The van der Waals surface area contributed by atoms with E-state index >= 15 is 0 Å². The molecule has 0 spiro atoms. The fraction of sp³-hybridized carbons (Fsp3) is 0.167. The Kier molecular flexibility index (Phi) is 5.42. The van der Waals surface area contributed by atoms with Crippen molar-refractivity contribution in [2.24, 2.45) is 4.99 Å². The number of benzene rings is 2. The van der Waals surface area contributed by atoms with Crippen molar-refractivity contribution in [3.8, 4) is 0 Å². The summed E-state index contributed by atoms with van der Waals surface area (Å²) in [6, 6.07) is 10.4. The molecule has 0 unspecified atom stereocenters. The topological polar surface area (TPSA) is 65.0 Å². The van der Waals surface area contributed by atoms with Crippen LogP contribution in [0.2, 0.25) is 0 Å². The van der Waals surface area contributed by atoms with E-state index < -0.39 is 17.8 Å². The van der Waals surface area contributed by atoms with Gasteiger partial charge in [0.1, 0.15) is 5.82 Å². The zero-order valence-electron chi connectivity index (χ0n) is 13.5. The van der Waals surface area contributed by atoms with Gasteiger partial charge in [-0.2, -0.15) is 0 Å². The molecule has 0 aliphatic rings. The van der Waals surface area contributed by atoms with E-state index in [0.717, 1.165) is 0 Å². The van der Waals surface area contributed by atoms with E-state index in [-0.39, 0.29) is 16.8 Å². The largest absolute Gasteiger partial charge is 0.465 e. The molecule has 2 aromatic carbocycles. The van der Waals surface area contributed by atoms with Crippen LogP contribution in [0.25, 0.3) is 0 Å². The molecule has 0 heterocycles. The van der Waals surface area contributed by atoms with Crippen molar-refractivity contribution in [3.05, 3.63) is 65.0 Å². The maximum Gasteiger partial charge on any atom is 0.357 e. The molecule has 0 bridgehead atoms. The first-order valence-electron chi connectivity index (χ1n) is 7.08. The Labute approximate surface area is 138 Å². The van der Waals surface area contributed by atoms with Crippen LogP contribution in [0.3, 0.4) is 0 Å². The Balaban J connectivity index is 2.65. The van der Waals surface area contributed by atoms with Crippen LogP contribution < -0.4 is 0 Å². The lowest BCUT2D eigenvalue weighted by atomic mass is 10.0. The highest BCUT2D eigenvalue weighted by Gasteiger charge is 2.22. The lowest BCUT2D eigenvalue weighted by Crippen LogP contribution is -2.20. The van der Waals surface area contributed by atoms with Crippen LogP contribution in [-0.2, 0) is 14.3 Å². The normalized spacial score (nSPS) is 11.1. The molecule has 0 fully saturated rings. The highest BCUT2D eigenvalue weighted by atomic mass is 19.1. The van der Waals surface area contributed by atoms with Gasteiger partial charge in [0.15, 0.2) is 5.71 Å². The minimum Gasteiger partial charge on any atom is -0.465 e. The number of nitrogens with zero attached hydrogens (tertiary/aromatic N) is 1. The summed E-state index contributed by atoms with van der Waals surface area (Å²) in [5.41, 5.74) is 1.35.